The van der Waals surface area contributed by atoms with E-state index in [0.29, 0.717) is 0 Å². The minimum absolute atomic E-state index is 0.0153. The number of nitrogens with zero attached hydrogens (tertiary/aromatic N) is 3. The highest BCUT2D eigenvalue weighted by Gasteiger charge is 2.64. The summed E-state index contributed by atoms with van der Waals surface area (Å²) in [6.07, 6.45) is 6.99. The van der Waals surface area contributed by atoms with E-state index in [1.54, 1.807) is 5.56 Å². The van der Waals surface area contributed by atoms with Gasteiger partial charge in [0.2, 0.25) is 0 Å². The summed E-state index contributed by atoms with van der Waals surface area (Å²) in [5.74, 6) is 0. The summed E-state index contributed by atoms with van der Waals surface area (Å²) < 4.78 is 0. The molecular formula is C72H82BN3. The second-order valence-corrected chi connectivity index (χ2v) is 29.3. The van der Waals surface area contributed by atoms with Gasteiger partial charge in [-0.3, -0.25) is 0 Å². The highest BCUT2D eigenvalue weighted by Crippen LogP contribution is 2.67. The number of rotatable bonds is 3. The van der Waals surface area contributed by atoms with Crippen molar-refractivity contribution < 1.29 is 0 Å². The Balaban J connectivity index is 1.21. The van der Waals surface area contributed by atoms with Crippen LogP contribution in [0.5, 0.6) is 0 Å². The minimum atomic E-state index is -0.380. The quantitative estimate of drug-likeness (QED) is 0.163. The van der Waals surface area contributed by atoms with Crippen LogP contribution >= 0.6 is 0 Å². The molecule has 0 aromatic heterocycles. The molecule has 4 aliphatic heterocycles. The van der Waals surface area contributed by atoms with Gasteiger partial charge in [0.15, 0.2) is 0 Å². The summed E-state index contributed by atoms with van der Waals surface area (Å²) in [6.45, 7) is 39.2. The van der Waals surface area contributed by atoms with Crippen LogP contribution in [0.2, 0.25) is 0 Å². The zero-order valence-electron chi connectivity index (χ0n) is 48.9. The van der Waals surface area contributed by atoms with Crippen molar-refractivity contribution in [2.75, 3.05) is 14.7 Å². The first kappa shape index (κ1) is 49.6. The number of aryl methyl sites for hydroxylation is 1. The summed E-state index contributed by atoms with van der Waals surface area (Å²) in [4.78, 5) is 8.58. The minimum Gasteiger partial charge on any atom is -0.335 e. The lowest BCUT2D eigenvalue weighted by Gasteiger charge is -2.54. The third kappa shape index (κ3) is 6.60. The molecule has 388 valence electrons. The maximum absolute atomic E-state index is 2.96. The fourth-order valence-electron chi connectivity index (χ4n) is 15.8. The summed E-state index contributed by atoms with van der Waals surface area (Å²) >= 11 is 0. The van der Waals surface area contributed by atoms with Crippen molar-refractivity contribution in [2.24, 2.45) is 0 Å². The van der Waals surface area contributed by atoms with Crippen LogP contribution in [0.15, 0.2) is 133 Å². The van der Waals surface area contributed by atoms with Crippen molar-refractivity contribution >= 4 is 62.9 Å². The lowest BCUT2D eigenvalue weighted by atomic mass is 9.33. The first-order valence-corrected chi connectivity index (χ1v) is 29.1. The molecule has 4 heterocycles. The van der Waals surface area contributed by atoms with Gasteiger partial charge < -0.3 is 14.7 Å². The van der Waals surface area contributed by atoms with E-state index < -0.39 is 0 Å². The smallest absolute Gasteiger partial charge is 0.252 e. The standard InChI is InChI=1S/C72H82BN3/c1-65(2,3)47-29-32-58(52(38-47)45-24-18-17-19-25-45)74-60-42-49(67(7,8)9)28-31-56(60)73-57-41-50(68(10,11)12)40-55-64(57)76(71(15)36-23-22-35-69(55,71)13)62-44-51(43-61(74)63(62)73)75-59-33-30-48(66(4,5)6)39-54(59)70(14)37-34-46-26-20-21-27-53(46)72(70,75)16/h17-21,24-33,38-44H,22-23,34-37H2,1-16H3. The zero-order chi connectivity index (χ0) is 53.7. The molecule has 6 aliphatic rings. The summed E-state index contributed by atoms with van der Waals surface area (Å²) in [7, 11) is 0. The van der Waals surface area contributed by atoms with Gasteiger partial charge in [-0.15, -0.1) is 0 Å². The SMILES string of the molecule is CC(C)(C)c1ccc(N2c3cc(C(C)(C)C)ccc3B3c4cc(C(C)(C)C)cc5c4N(c4cc(N6c7ccc(C(C)(C)C)cc7C7(C)CCc8ccccc8C67C)cc2c43)C2(C)CCCCC52C)c(-c2ccccc2)c1. The third-order valence-electron chi connectivity index (χ3n) is 20.8. The van der Waals surface area contributed by atoms with Crippen LogP contribution in [0.3, 0.4) is 0 Å². The van der Waals surface area contributed by atoms with Crippen LogP contribution in [-0.4, -0.2) is 12.3 Å². The van der Waals surface area contributed by atoms with Gasteiger partial charge in [-0.2, -0.15) is 0 Å². The highest BCUT2D eigenvalue weighted by molar-refractivity contribution is 7.00. The second-order valence-electron chi connectivity index (χ2n) is 29.3. The van der Waals surface area contributed by atoms with Crippen molar-refractivity contribution in [3.05, 3.63) is 178 Å². The van der Waals surface area contributed by atoms with Crippen molar-refractivity contribution in [1.82, 2.24) is 0 Å². The predicted molar refractivity (Wildman–Crippen MR) is 327 cm³/mol. The van der Waals surface area contributed by atoms with Gasteiger partial charge in [0, 0.05) is 50.5 Å². The summed E-state index contributed by atoms with van der Waals surface area (Å²) in [6, 6.07) is 54.0. The van der Waals surface area contributed by atoms with E-state index >= 15 is 0 Å². The Hall–Kier alpha value is -6.00. The van der Waals surface area contributed by atoms with Gasteiger partial charge in [-0.25, -0.2) is 0 Å². The van der Waals surface area contributed by atoms with E-state index in [0.717, 1.165) is 19.3 Å². The van der Waals surface area contributed by atoms with Crippen LogP contribution in [0.25, 0.3) is 11.1 Å². The lowest BCUT2D eigenvalue weighted by Crippen LogP contribution is -2.64. The first-order chi connectivity index (χ1) is 35.7. The average molecular weight is 1000 g/mol. The molecule has 7 aromatic rings. The number of benzene rings is 7. The van der Waals surface area contributed by atoms with Crippen molar-refractivity contribution in [3.63, 3.8) is 0 Å². The molecule has 1 saturated carbocycles. The molecule has 0 bridgehead atoms. The van der Waals surface area contributed by atoms with Gasteiger partial charge in [0.1, 0.15) is 0 Å². The Morgan fingerprint density at radius 3 is 1.72 bits per heavy atom. The van der Waals surface area contributed by atoms with Crippen LogP contribution in [0.1, 0.15) is 187 Å². The Bertz CT molecular complexity index is 3580. The Labute approximate surface area is 457 Å². The van der Waals surface area contributed by atoms with E-state index in [-0.39, 0.29) is 50.3 Å². The van der Waals surface area contributed by atoms with Gasteiger partial charge in [0.05, 0.1) is 16.8 Å². The molecule has 4 heteroatoms. The molecule has 76 heavy (non-hydrogen) atoms. The molecule has 0 spiro atoms. The van der Waals surface area contributed by atoms with Gasteiger partial charge in [0.25, 0.3) is 6.71 Å². The van der Waals surface area contributed by atoms with E-state index in [4.69, 9.17) is 0 Å². The monoisotopic (exact) mass is 1000 g/mol. The molecular weight excluding hydrogens is 918 g/mol. The van der Waals surface area contributed by atoms with Gasteiger partial charge >= 0.3 is 0 Å². The van der Waals surface area contributed by atoms with E-state index in [9.17, 15) is 0 Å². The molecule has 1 fully saturated rings. The van der Waals surface area contributed by atoms with Gasteiger partial charge in [-0.05, 0) is 164 Å². The van der Waals surface area contributed by atoms with Crippen molar-refractivity contribution in [1.29, 1.82) is 0 Å². The fourth-order valence-corrected chi connectivity index (χ4v) is 15.8. The summed E-state index contributed by atoms with van der Waals surface area (Å²) in [5, 5.41) is 0. The molecule has 3 nitrogen and oxygen atoms in total. The fraction of sp³-hybridized carbons (Fsp3) is 0.417. The molecule has 0 N–H and O–H groups in total. The molecule has 4 atom stereocenters. The third-order valence-corrected chi connectivity index (χ3v) is 20.8. The largest absolute Gasteiger partial charge is 0.335 e. The molecule has 0 saturated heterocycles. The maximum Gasteiger partial charge on any atom is 0.252 e. The second kappa shape index (κ2) is 15.8. The molecule has 0 radical (unpaired) electrons. The zero-order valence-corrected chi connectivity index (χ0v) is 48.9. The summed E-state index contributed by atoms with van der Waals surface area (Å²) in [5.41, 5.74) is 26.8. The first-order valence-electron chi connectivity index (χ1n) is 29.1. The molecule has 0 amide bonds. The number of fused-ring (bicyclic) bond motifs is 12. The Morgan fingerprint density at radius 2 is 1.03 bits per heavy atom. The molecule has 13 rings (SSSR count). The van der Waals surface area contributed by atoms with Gasteiger partial charge in [-0.1, -0.05) is 207 Å². The van der Waals surface area contributed by atoms with Crippen LogP contribution in [-0.2, 0) is 44.4 Å². The van der Waals surface area contributed by atoms with Crippen LogP contribution in [0.4, 0.5) is 39.8 Å². The van der Waals surface area contributed by atoms with E-state index in [1.165, 1.54) is 126 Å². The van der Waals surface area contributed by atoms with E-state index in [2.05, 4.69) is 259 Å². The molecule has 4 unspecified atom stereocenters. The molecule has 7 aromatic carbocycles. The topological polar surface area (TPSA) is 9.72 Å². The number of anilines is 7. The predicted octanol–water partition coefficient (Wildman–Crippen LogP) is 17.2. The molecule has 2 aliphatic carbocycles. The Kier molecular flexibility index (Phi) is 10.3. The number of hydrogen-bond acceptors (Lipinski definition) is 3. The van der Waals surface area contributed by atoms with E-state index in [1.807, 2.05) is 0 Å². The van der Waals surface area contributed by atoms with Crippen LogP contribution < -0.4 is 31.1 Å². The van der Waals surface area contributed by atoms with Crippen LogP contribution in [0, 0.1) is 0 Å². The normalized spacial score (nSPS) is 24.1. The number of hydrogen-bond donors (Lipinski definition) is 0. The lowest BCUT2D eigenvalue weighted by molar-refractivity contribution is 0.195. The van der Waals surface area contributed by atoms with Crippen molar-refractivity contribution in [3.8, 4) is 11.1 Å². The average Bonchev–Trinajstić information content (AvgIpc) is 3.92. The maximum atomic E-state index is 2.96. The van der Waals surface area contributed by atoms with Crippen molar-refractivity contribution in [2.45, 2.75) is 193 Å². The Morgan fingerprint density at radius 1 is 0.434 bits per heavy atom. The highest BCUT2D eigenvalue weighted by atomic mass is 15.3.